The van der Waals surface area contributed by atoms with E-state index in [1.807, 2.05) is 12.1 Å². The Balaban J connectivity index is 2.19. The molecule has 1 aromatic carbocycles. The number of hydrogen-bond acceptors (Lipinski definition) is 1. The van der Waals surface area contributed by atoms with Gasteiger partial charge in [0, 0.05) is 4.47 Å². The van der Waals surface area contributed by atoms with Gasteiger partial charge in [-0.05, 0) is 57.2 Å². The van der Waals surface area contributed by atoms with Crippen molar-refractivity contribution in [3.05, 3.63) is 46.0 Å². The first-order valence-electron chi connectivity index (χ1n) is 6.64. The van der Waals surface area contributed by atoms with E-state index in [9.17, 15) is 5.11 Å². The third kappa shape index (κ3) is 6.97. The van der Waals surface area contributed by atoms with Crippen molar-refractivity contribution in [2.24, 2.45) is 0 Å². The highest BCUT2D eigenvalue weighted by Crippen LogP contribution is 2.14. The van der Waals surface area contributed by atoms with E-state index in [-0.39, 0.29) is 6.10 Å². The topological polar surface area (TPSA) is 20.2 Å². The van der Waals surface area contributed by atoms with Crippen LogP contribution in [0.4, 0.5) is 0 Å². The predicted molar refractivity (Wildman–Crippen MR) is 81.8 cm³/mol. The zero-order valence-corrected chi connectivity index (χ0v) is 12.9. The first kappa shape index (κ1) is 15.5. The molecule has 100 valence electrons. The monoisotopic (exact) mass is 310 g/mol. The summed E-state index contributed by atoms with van der Waals surface area (Å²) in [5.41, 5.74) is 2.58. The maximum Gasteiger partial charge on any atom is 0.0580 e. The molecule has 0 fully saturated rings. The first-order valence-corrected chi connectivity index (χ1v) is 7.43. The van der Waals surface area contributed by atoms with E-state index in [2.05, 4.69) is 48.0 Å². The summed E-state index contributed by atoms with van der Waals surface area (Å²) in [7, 11) is 0. The molecular formula is C16H23BrO. The van der Waals surface area contributed by atoms with Gasteiger partial charge in [0.15, 0.2) is 0 Å². The molecule has 2 heteroatoms. The van der Waals surface area contributed by atoms with Crippen LogP contribution in [0.15, 0.2) is 40.4 Å². The molecule has 0 aliphatic heterocycles. The summed E-state index contributed by atoms with van der Waals surface area (Å²) in [6, 6.07) is 8.18. The second-order valence-electron chi connectivity index (χ2n) is 5.05. The summed E-state index contributed by atoms with van der Waals surface area (Å²) in [6.45, 7) is 4.25. The zero-order valence-electron chi connectivity index (χ0n) is 11.3. The van der Waals surface area contributed by atoms with Gasteiger partial charge in [-0.1, -0.05) is 46.1 Å². The summed E-state index contributed by atoms with van der Waals surface area (Å²) >= 11 is 3.41. The smallest absolute Gasteiger partial charge is 0.0580 e. The van der Waals surface area contributed by atoms with Crippen molar-refractivity contribution in [2.75, 3.05) is 0 Å². The molecule has 0 aliphatic carbocycles. The normalized spacial score (nSPS) is 12.2. The van der Waals surface area contributed by atoms with Gasteiger partial charge in [-0.15, -0.1) is 0 Å². The average Bonchev–Trinajstić information content (AvgIpc) is 2.31. The highest BCUT2D eigenvalue weighted by atomic mass is 79.9. The summed E-state index contributed by atoms with van der Waals surface area (Å²) in [5.74, 6) is 0. The number of unbranched alkanes of at least 4 members (excludes halogenated alkanes) is 2. The molecule has 0 heterocycles. The van der Waals surface area contributed by atoms with Crippen LogP contribution in [0.5, 0.6) is 0 Å². The molecule has 0 radical (unpaired) electrons. The van der Waals surface area contributed by atoms with Crippen LogP contribution in [0, 0.1) is 0 Å². The molecule has 0 amide bonds. The van der Waals surface area contributed by atoms with E-state index in [1.165, 1.54) is 17.6 Å². The van der Waals surface area contributed by atoms with Crippen molar-refractivity contribution in [2.45, 2.75) is 52.1 Å². The van der Waals surface area contributed by atoms with Crippen LogP contribution >= 0.6 is 15.9 Å². The van der Waals surface area contributed by atoms with Gasteiger partial charge in [-0.25, -0.2) is 0 Å². The summed E-state index contributed by atoms with van der Waals surface area (Å²) in [4.78, 5) is 0. The van der Waals surface area contributed by atoms with Crippen LogP contribution in [0.1, 0.15) is 45.1 Å². The second-order valence-corrected chi connectivity index (χ2v) is 5.97. The minimum absolute atomic E-state index is 0.210. The standard InChI is InChI=1S/C16H23BrO/c1-13(2)6-4-3-5-7-16(18)12-14-8-10-15(17)11-9-14/h6,8-11,16,18H,3-5,7,12H2,1-2H3. The second kappa shape index (κ2) is 8.49. The van der Waals surface area contributed by atoms with Gasteiger partial charge in [-0.3, -0.25) is 0 Å². The molecule has 0 spiro atoms. The Labute approximate surface area is 119 Å². The van der Waals surface area contributed by atoms with Crippen LogP contribution < -0.4 is 0 Å². The maximum atomic E-state index is 9.95. The van der Waals surface area contributed by atoms with Crippen LogP contribution in [-0.4, -0.2) is 11.2 Å². The lowest BCUT2D eigenvalue weighted by atomic mass is 10.0. The molecule has 1 atom stereocenters. The molecule has 0 saturated carbocycles. The molecule has 1 N–H and O–H groups in total. The van der Waals surface area contributed by atoms with Crippen molar-refractivity contribution in [3.63, 3.8) is 0 Å². The Hall–Kier alpha value is -0.600. The Morgan fingerprint density at radius 3 is 2.50 bits per heavy atom. The number of benzene rings is 1. The van der Waals surface area contributed by atoms with Crippen LogP contribution in [-0.2, 0) is 6.42 Å². The zero-order chi connectivity index (χ0) is 13.4. The van der Waals surface area contributed by atoms with E-state index in [0.717, 1.165) is 30.2 Å². The molecule has 0 saturated heterocycles. The van der Waals surface area contributed by atoms with Gasteiger partial charge < -0.3 is 5.11 Å². The van der Waals surface area contributed by atoms with Crippen LogP contribution in [0.3, 0.4) is 0 Å². The number of halogens is 1. The number of aliphatic hydroxyl groups is 1. The lowest BCUT2D eigenvalue weighted by Gasteiger charge is -2.10. The maximum absolute atomic E-state index is 9.95. The molecular weight excluding hydrogens is 288 g/mol. The summed E-state index contributed by atoms with van der Waals surface area (Å²) in [6.07, 6.45) is 7.11. The van der Waals surface area contributed by atoms with E-state index in [1.54, 1.807) is 0 Å². The molecule has 1 aromatic rings. The average molecular weight is 311 g/mol. The largest absolute Gasteiger partial charge is 0.393 e. The summed E-state index contributed by atoms with van der Waals surface area (Å²) < 4.78 is 1.09. The molecule has 18 heavy (non-hydrogen) atoms. The minimum atomic E-state index is -0.210. The predicted octanol–water partition coefficient (Wildman–Crippen LogP) is 4.88. The van der Waals surface area contributed by atoms with Crippen LogP contribution in [0.25, 0.3) is 0 Å². The van der Waals surface area contributed by atoms with E-state index in [0.29, 0.717) is 0 Å². The molecule has 1 rings (SSSR count). The van der Waals surface area contributed by atoms with E-state index >= 15 is 0 Å². The van der Waals surface area contributed by atoms with Gasteiger partial charge in [0.25, 0.3) is 0 Å². The molecule has 1 unspecified atom stereocenters. The Morgan fingerprint density at radius 2 is 1.89 bits per heavy atom. The Bertz CT molecular complexity index is 363. The highest BCUT2D eigenvalue weighted by Gasteiger charge is 2.05. The number of hydrogen-bond donors (Lipinski definition) is 1. The van der Waals surface area contributed by atoms with Crippen molar-refractivity contribution < 1.29 is 5.11 Å². The lowest BCUT2D eigenvalue weighted by molar-refractivity contribution is 0.161. The third-order valence-electron chi connectivity index (χ3n) is 2.93. The van der Waals surface area contributed by atoms with Gasteiger partial charge in [0.1, 0.15) is 0 Å². The van der Waals surface area contributed by atoms with E-state index < -0.39 is 0 Å². The number of allylic oxidation sites excluding steroid dienone is 2. The quantitative estimate of drug-likeness (QED) is 0.562. The van der Waals surface area contributed by atoms with Gasteiger partial charge in [-0.2, -0.15) is 0 Å². The van der Waals surface area contributed by atoms with Gasteiger partial charge >= 0.3 is 0 Å². The number of rotatable bonds is 7. The molecule has 0 aliphatic rings. The lowest BCUT2D eigenvalue weighted by Crippen LogP contribution is -2.10. The summed E-state index contributed by atoms with van der Waals surface area (Å²) in [5, 5.41) is 9.95. The molecule has 0 aromatic heterocycles. The van der Waals surface area contributed by atoms with Crippen molar-refractivity contribution in [3.8, 4) is 0 Å². The Kier molecular flexibility index (Phi) is 7.29. The van der Waals surface area contributed by atoms with Crippen molar-refractivity contribution in [1.82, 2.24) is 0 Å². The van der Waals surface area contributed by atoms with Gasteiger partial charge in [0.05, 0.1) is 6.10 Å². The molecule has 1 nitrogen and oxygen atoms in total. The van der Waals surface area contributed by atoms with Crippen molar-refractivity contribution in [1.29, 1.82) is 0 Å². The van der Waals surface area contributed by atoms with Crippen LogP contribution in [0.2, 0.25) is 0 Å². The minimum Gasteiger partial charge on any atom is -0.393 e. The first-order chi connectivity index (χ1) is 8.58. The van der Waals surface area contributed by atoms with E-state index in [4.69, 9.17) is 0 Å². The fourth-order valence-corrected chi connectivity index (χ4v) is 2.17. The molecule has 0 bridgehead atoms. The fourth-order valence-electron chi connectivity index (χ4n) is 1.91. The van der Waals surface area contributed by atoms with Gasteiger partial charge in [0.2, 0.25) is 0 Å². The van der Waals surface area contributed by atoms with Crippen molar-refractivity contribution >= 4 is 15.9 Å². The number of aliphatic hydroxyl groups excluding tert-OH is 1. The Morgan fingerprint density at radius 1 is 1.22 bits per heavy atom. The highest BCUT2D eigenvalue weighted by molar-refractivity contribution is 9.10. The third-order valence-corrected chi connectivity index (χ3v) is 3.46. The fraction of sp³-hybridized carbons (Fsp3) is 0.500. The SMILES string of the molecule is CC(C)=CCCCCC(O)Cc1ccc(Br)cc1.